The molecule has 1 heterocycles. The van der Waals surface area contributed by atoms with Crippen LogP contribution in [0.25, 0.3) is 0 Å². The monoisotopic (exact) mass is 405 g/mol. The Labute approximate surface area is 132 Å². The first-order valence-electron chi connectivity index (χ1n) is 5.30. The number of benzene rings is 1. The summed E-state index contributed by atoms with van der Waals surface area (Å²) >= 11 is 12.9. The predicted octanol–water partition coefficient (Wildman–Crippen LogP) is 4.72. The van der Waals surface area contributed by atoms with E-state index in [0.29, 0.717) is 21.3 Å². The molecule has 2 aromatic rings. The second kappa shape index (κ2) is 6.07. The van der Waals surface area contributed by atoms with E-state index in [4.69, 9.17) is 16.3 Å². The maximum atomic E-state index is 6.10. The van der Waals surface area contributed by atoms with Crippen LogP contribution in [0, 0.1) is 6.92 Å². The molecule has 0 saturated heterocycles. The van der Waals surface area contributed by atoms with Gasteiger partial charge in [-0.1, -0.05) is 11.6 Å². The standard InChI is InChI=1S/C12H10Br2ClN3O/c1-6-3-7(13)10(4-9(6)15)17-12-16-5-8(14)11(18-12)19-2/h3-5H,1-2H3,(H,16,17,18). The molecule has 0 saturated carbocycles. The summed E-state index contributed by atoms with van der Waals surface area (Å²) in [7, 11) is 1.55. The van der Waals surface area contributed by atoms with Crippen molar-refractivity contribution in [2.75, 3.05) is 12.4 Å². The molecule has 1 aromatic carbocycles. The van der Waals surface area contributed by atoms with Gasteiger partial charge in [0.05, 0.1) is 23.5 Å². The van der Waals surface area contributed by atoms with E-state index in [9.17, 15) is 0 Å². The van der Waals surface area contributed by atoms with Crippen molar-refractivity contribution in [3.63, 3.8) is 0 Å². The lowest BCUT2D eigenvalue weighted by atomic mass is 10.2. The topological polar surface area (TPSA) is 47.0 Å². The number of aromatic nitrogens is 2. The third-order valence-electron chi connectivity index (χ3n) is 2.40. The summed E-state index contributed by atoms with van der Waals surface area (Å²) in [6.07, 6.45) is 1.62. The zero-order chi connectivity index (χ0) is 14.0. The number of hydrogen-bond donors (Lipinski definition) is 1. The average Bonchev–Trinajstić information content (AvgIpc) is 2.38. The van der Waals surface area contributed by atoms with E-state index in [1.165, 1.54) is 0 Å². The Morgan fingerprint density at radius 2 is 2.00 bits per heavy atom. The number of hydrogen-bond acceptors (Lipinski definition) is 4. The molecule has 100 valence electrons. The van der Waals surface area contributed by atoms with Crippen molar-refractivity contribution >= 4 is 55.1 Å². The molecule has 0 spiro atoms. The van der Waals surface area contributed by atoms with Gasteiger partial charge in [0, 0.05) is 9.50 Å². The molecule has 1 N–H and O–H groups in total. The minimum Gasteiger partial charge on any atom is -0.480 e. The fourth-order valence-electron chi connectivity index (χ4n) is 1.42. The fourth-order valence-corrected chi connectivity index (χ4v) is 2.49. The highest BCUT2D eigenvalue weighted by Gasteiger charge is 2.08. The smallest absolute Gasteiger partial charge is 0.232 e. The first kappa shape index (κ1) is 14.6. The molecular formula is C12H10Br2ClN3O. The van der Waals surface area contributed by atoms with Crippen molar-refractivity contribution in [3.8, 4) is 5.88 Å². The summed E-state index contributed by atoms with van der Waals surface area (Å²) in [5, 5.41) is 3.76. The zero-order valence-electron chi connectivity index (χ0n) is 10.2. The van der Waals surface area contributed by atoms with Gasteiger partial charge < -0.3 is 10.1 Å². The van der Waals surface area contributed by atoms with Crippen LogP contribution in [-0.4, -0.2) is 17.1 Å². The van der Waals surface area contributed by atoms with Crippen LogP contribution >= 0.6 is 43.5 Å². The van der Waals surface area contributed by atoms with Gasteiger partial charge in [-0.25, -0.2) is 4.98 Å². The molecule has 0 amide bonds. The number of halogens is 3. The van der Waals surface area contributed by atoms with Gasteiger partial charge in [0.25, 0.3) is 0 Å². The van der Waals surface area contributed by atoms with Gasteiger partial charge in [-0.05, 0) is 56.5 Å². The minimum absolute atomic E-state index is 0.431. The number of anilines is 2. The molecule has 19 heavy (non-hydrogen) atoms. The molecule has 0 radical (unpaired) electrons. The summed E-state index contributed by atoms with van der Waals surface area (Å²) in [4.78, 5) is 8.39. The van der Waals surface area contributed by atoms with E-state index in [1.807, 2.05) is 19.1 Å². The maximum Gasteiger partial charge on any atom is 0.232 e. The minimum atomic E-state index is 0.431. The highest BCUT2D eigenvalue weighted by molar-refractivity contribution is 9.11. The Balaban J connectivity index is 2.33. The maximum absolute atomic E-state index is 6.10. The van der Waals surface area contributed by atoms with Crippen molar-refractivity contribution in [1.82, 2.24) is 9.97 Å². The van der Waals surface area contributed by atoms with Crippen LogP contribution in [0.15, 0.2) is 27.3 Å². The van der Waals surface area contributed by atoms with E-state index in [1.54, 1.807) is 13.3 Å². The molecule has 2 rings (SSSR count). The highest BCUT2D eigenvalue weighted by atomic mass is 79.9. The third-order valence-corrected chi connectivity index (χ3v) is 4.01. The van der Waals surface area contributed by atoms with E-state index in [0.717, 1.165) is 15.7 Å². The molecule has 0 bridgehead atoms. The Morgan fingerprint density at radius 1 is 1.26 bits per heavy atom. The molecule has 0 aliphatic heterocycles. The molecular weight excluding hydrogens is 397 g/mol. The normalized spacial score (nSPS) is 10.4. The molecule has 4 nitrogen and oxygen atoms in total. The van der Waals surface area contributed by atoms with Gasteiger partial charge in [-0.2, -0.15) is 4.98 Å². The largest absolute Gasteiger partial charge is 0.480 e. The summed E-state index contributed by atoms with van der Waals surface area (Å²) in [6, 6.07) is 3.75. The van der Waals surface area contributed by atoms with Crippen molar-refractivity contribution in [3.05, 3.63) is 37.9 Å². The van der Waals surface area contributed by atoms with Gasteiger partial charge in [0.1, 0.15) is 0 Å². The van der Waals surface area contributed by atoms with Crippen LogP contribution in [0.4, 0.5) is 11.6 Å². The van der Waals surface area contributed by atoms with Gasteiger partial charge in [-0.3, -0.25) is 0 Å². The van der Waals surface area contributed by atoms with Crippen LogP contribution in [0.1, 0.15) is 5.56 Å². The SMILES string of the molecule is COc1nc(Nc2cc(Cl)c(C)cc2Br)ncc1Br. The number of methoxy groups -OCH3 is 1. The van der Waals surface area contributed by atoms with Crippen molar-refractivity contribution in [1.29, 1.82) is 0 Å². The van der Waals surface area contributed by atoms with E-state index in [2.05, 4.69) is 47.1 Å². The van der Waals surface area contributed by atoms with Crippen LogP contribution < -0.4 is 10.1 Å². The van der Waals surface area contributed by atoms with Crippen LogP contribution in [0.2, 0.25) is 5.02 Å². The fraction of sp³-hybridized carbons (Fsp3) is 0.167. The summed E-state index contributed by atoms with van der Waals surface area (Å²) in [5.74, 6) is 0.896. The molecule has 0 atom stereocenters. The van der Waals surface area contributed by atoms with Gasteiger partial charge >= 0.3 is 0 Å². The summed E-state index contributed by atoms with van der Waals surface area (Å²) in [6.45, 7) is 1.94. The number of ether oxygens (including phenoxy) is 1. The van der Waals surface area contributed by atoms with Crippen molar-refractivity contribution < 1.29 is 4.74 Å². The second-order valence-electron chi connectivity index (χ2n) is 3.76. The number of rotatable bonds is 3. The lowest BCUT2D eigenvalue weighted by Crippen LogP contribution is -2.00. The number of aryl methyl sites for hydroxylation is 1. The quantitative estimate of drug-likeness (QED) is 0.800. The Morgan fingerprint density at radius 3 is 2.68 bits per heavy atom. The second-order valence-corrected chi connectivity index (χ2v) is 5.87. The van der Waals surface area contributed by atoms with Gasteiger partial charge in [0.2, 0.25) is 11.8 Å². The van der Waals surface area contributed by atoms with Crippen LogP contribution in [0.5, 0.6) is 5.88 Å². The van der Waals surface area contributed by atoms with Crippen molar-refractivity contribution in [2.45, 2.75) is 6.92 Å². The lowest BCUT2D eigenvalue weighted by Gasteiger charge is -2.10. The van der Waals surface area contributed by atoms with Gasteiger partial charge in [0.15, 0.2) is 0 Å². The van der Waals surface area contributed by atoms with Crippen LogP contribution in [0.3, 0.4) is 0 Å². The summed E-state index contributed by atoms with van der Waals surface area (Å²) < 4.78 is 6.71. The van der Waals surface area contributed by atoms with E-state index >= 15 is 0 Å². The zero-order valence-corrected chi connectivity index (χ0v) is 14.1. The van der Waals surface area contributed by atoms with Gasteiger partial charge in [-0.15, -0.1) is 0 Å². The van der Waals surface area contributed by atoms with Crippen molar-refractivity contribution in [2.24, 2.45) is 0 Å². The first-order valence-corrected chi connectivity index (χ1v) is 7.27. The number of nitrogens with zero attached hydrogens (tertiary/aromatic N) is 2. The third kappa shape index (κ3) is 3.38. The average molecular weight is 407 g/mol. The van der Waals surface area contributed by atoms with Crippen LogP contribution in [-0.2, 0) is 0 Å². The Bertz CT molecular complexity index is 622. The Kier molecular flexibility index (Phi) is 4.65. The summed E-state index contributed by atoms with van der Waals surface area (Å²) in [5.41, 5.74) is 1.79. The molecule has 0 aliphatic carbocycles. The molecule has 1 aromatic heterocycles. The molecule has 7 heteroatoms. The lowest BCUT2D eigenvalue weighted by molar-refractivity contribution is 0.394. The molecule has 0 unspecified atom stereocenters. The van der Waals surface area contributed by atoms with E-state index < -0.39 is 0 Å². The first-order chi connectivity index (χ1) is 9.01. The highest BCUT2D eigenvalue weighted by Crippen LogP contribution is 2.31. The van der Waals surface area contributed by atoms with E-state index in [-0.39, 0.29) is 0 Å². The number of nitrogens with one attached hydrogen (secondary N) is 1. The predicted molar refractivity (Wildman–Crippen MR) is 83.5 cm³/mol. The molecule has 0 aliphatic rings. The molecule has 0 fully saturated rings. The Hall–Kier alpha value is -0.850.